The molecule has 66 valence electrons. The molecule has 1 aromatic carbocycles. The fourth-order valence-corrected chi connectivity index (χ4v) is 1.28. The van der Waals surface area contributed by atoms with Gasteiger partial charge in [-0.3, -0.25) is 0 Å². The molecule has 0 aliphatic carbocycles. The van der Waals surface area contributed by atoms with E-state index in [-0.39, 0.29) is 5.38 Å². The minimum Gasteiger partial charge on any atom is -0.118 e. The van der Waals surface area contributed by atoms with E-state index in [0.29, 0.717) is 5.92 Å². The van der Waals surface area contributed by atoms with Crippen LogP contribution in [0.15, 0.2) is 24.3 Å². The van der Waals surface area contributed by atoms with Crippen LogP contribution in [0, 0.1) is 12.8 Å². The first-order valence-corrected chi connectivity index (χ1v) is 4.75. The van der Waals surface area contributed by atoms with Crippen LogP contribution in [-0.4, -0.2) is 0 Å². The summed E-state index contributed by atoms with van der Waals surface area (Å²) >= 11 is 6.19. The Balaban J connectivity index is 2.82. The van der Waals surface area contributed by atoms with Crippen molar-refractivity contribution >= 4 is 11.6 Å². The van der Waals surface area contributed by atoms with E-state index in [0.717, 1.165) is 0 Å². The van der Waals surface area contributed by atoms with Gasteiger partial charge in [-0.2, -0.15) is 0 Å². The van der Waals surface area contributed by atoms with E-state index in [1.807, 2.05) is 0 Å². The number of halogens is 1. The zero-order chi connectivity index (χ0) is 9.14. The monoisotopic (exact) mass is 182 g/mol. The summed E-state index contributed by atoms with van der Waals surface area (Å²) in [6.45, 7) is 6.36. The van der Waals surface area contributed by atoms with Crippen LogP contribution in [0.2, 0.25) is 0 Å². The average Bonchev–Trinajstić information content (AvgIpc) is 2.04. The molecule has 0 radical (unpaired) electrons. The fraction of sp³-hybridized carbons (Fsp3) is 0.455. The van der Waals surface area contributed by atoms with E-state index in [9.17, 15) is 0 Å². The molecule has 0 bridgehead atoms. The van der Waals surface area contributed by atoms with Crippen LogP contribution in [0.25, 0.3) is 0 Å². The molecule has 0 aromatic heterocycles. The van der Waals surface area contributed by atoms with Crippen molar-refractivity contribution in [3.63, 3.8) is 0 Å². The third-order valence-corrected chi connectivity index (χ3v) is 2.74. The van der Waals surface area contributed by atoms with Crippen LogP contribution in [0.4, 0.5) is 0 Å². The number of rotatable bonds is 2. The molecule has 1 atom stereocenters. The summed E-state index contributed by atoms with van der Waals surface area (Å²) in [5.41, 5.74) is 2.50. The van der Waals surface area contributed by atoms with Crippen molar-refractivity contribution in [3.05, 3.63) is 35.4 Å². The molecular formula is C11H15Cl. The highest BCUT2D eigenvalue weighted by atomic mass is 35.5. The van der Waals surface area contributed by atoms with Crippen LogP contribution >= 0.6 is 11.6 Å². The molecular weight excluding hydrogens is 168 g/mol. The first-order chi connectivity index (χ1) is 5.61. The van der Waals surface area contributed by atoms with E-state index < -0.39 is 0 Å². The Morgan fingerprint density at radius 3 is 2.00 bits per heavy atom. The Morgan fingerprint density at radius 2 is 1.58 bits per heavy atom. The molecule has 0 N–H and O–H groups in total. The lowest BCUT2D eigenvalue weighted by Gasteiger charge is -2.13. The summed E-state index contributed by atoms with van der Waals surface area (Å²) in [6, 6.07) is 8.42. The van der Waals surface area contributed by atoms with Crippen LogP contribution in [0.3, 0.4) is 0 Å². The Morgan fingerprint density at radius 1 is 1.08 bits per heavy atom. The van der Waals surface area contributed by atoms with Crippen LogP contribution in [0.5, 0.6) is 0 Å². The summed E-state index contributed by atoms with van der Waals surface area (Å²) in [5.74, 6) is 0.495. The minimum absolute atomic E-state index is 0.144. The van der Waals surface area contributed by atoms with Gasteiger partial charge in [0.2, 0.25) is 0 Å². The maximum absolute atomic E-state index is 6.19. The molecule has 0 saturated carbocycles. The highest BCUT2D eigenvalue weighted by Gasteiger charge is 2.10. The maximum atomic E-state index is 6.19. The molecule has 1 heteroatoms. The van der Waals surface area contributed by atoms with Gasteiger partial charge in [0.05, 0.1) is 5.38 Å². The lowest BCUT2D eigenvalue weighted by atomic mass is 10.0. The van der Waals surface area contributed by atoms with E-state index in [2.05, 4.69) is 45.0 Å². The second kappa shape index (κ2) is 3.95. The second-order valence-corrected chi connectivity index (χ2v) is 4.03. The van der Waals surface area contributed by atoms with Crippen LogP contribution in [0.1, 0.15) is 30.4 Å². The summed E-state index contributed by atoms with van der Waals surface area (Å²) < 4.78 is 0. The zero-order valence-electron chi connectivity index (χ0n) is 7.84. The predicted octanol–water partition coefficient (Wildman–Crippen LogP) is 3.93. The first-order valence-electron chi connectivity index (χ1n) is 4.32. The van der Waals surface area contributed by atoms with E-state index >= 15 is 0 Å². The SMILES string of the molecule is Cc1ccc(C(Cl)C(C)C)cc1. The molecule has 1 aromatic rings. The first kappa shape index (κ1) is 9.60. The molecule has 0 saturated heterocycles. The topological polar surface area (TPSA) is 0 Å². The Hall–Kier alpha value is -0.490. The standard InChI is InChI=1S/C11H15Cl/c1-8(2)11(12)10-6-4-9(3)5-7-10/h4-8,11H,1-3H3. The van der Waals surface area contributed by atoms with E-state index in [1.54, 1.807) is 0 Å². The summed E-state index contributed by atoms with van der Waals surface area (Å²) in [5, 5.41) is 0.144. The van der Waals surface area contributed by atoms with Gasteiger partial charge in [0.15, 0.2) is 0 Å². The molecule has 0 amide bonds. The number of alkyl halides is 1. The molecule has 0 aliphatic rings. The van der Waals surface area contributed by atoms with Gasteiger partial charge < -0.3 is 0 Å². The van der Waals surface area contributed by atoms with Gasteiger partial charge >= 0.3 is 0 Å². The van der Waals surface area contributed by atoms with E-state index in [1.165, 1.54) is 11.1 Å². The molecule has 1 unspecified atom stereocenters. The number of hydrogen-bond acceptors (Lipinski definition) is 0. The second-order valence-electron chi connectivity index (χ2n) is 3.56. The molecule has 0 spiro atoms. The normalized spacial score (nSPS) is 13.4. The summed E-state index contributed by atoms with van der Waals surface area (Å²) in [7, 11) is 0. The summed E-state index contributed by atoms with van der Waals surface area (Å²) in [6.07, 6.45) is 0. The lowest BCUT2D eigenvalue weighted by Crippen LogP contribution is -1.98. The van der Waals surface area contributed by atoms with Crippen molar-refractivity contribution in [1.82, 2.24) is 0 Å². The van der Waals surface area contributed by atoms with Crippen molar-refractivity contribution < 1.29 is 0 Å². The summed E-state index contributed by atoms with van der Waals surface area (Å²) in [4.78, 5) is 0. The molecule has 0 heterocycles. The Bertz CT molecular complexity index is 236. The largest absolute Gasteiger partial charge is 0.118 e. The lowest BCUT2D eigenvalue weighted by molar-refractivity contribution is 0.624. The third-order valence-electron chi connectivity index (χ3n) is 1.98. The minimum atomic E-state index is 0.144. The van der Waals surface area contributed by atoms with Gasteiger partial charge in [-0.25, -0.2) is 0 Å². The Kier molecular flexibility index (Phi) is 3.16. The smallest absolute Gasteiger partial charge is 0.0608 e. The van der Waals surface area contributed by atoms with Gasteiger partial charge in [-0.05, 0) is 18.4 Å². The highest BCUT2D eigenvalue weighted by Crippen LogP contribution is 2.28. The maximum Gasteiger partial charge on any atom is 0.0608 e. The average molecular weight is 183 g/mol. The third kappa shape index (κ3) is 2.25. The van der Waals surface area contributed by atoms with Crippen molar-refractivity contribution in [2.75, 3.05) is 0 Å². The zero-order valence-corrected chi connectivity index (χ0v) is 8.60. The van der Waals surface area contributed by atoms with Gasteiger partial charge in [0.1, 0.15) is 0 Å². The van der Waals surface area contributed by atoms with Gasteiger partial charge in [0, 0.05) is 0 Å². The molecule has 0 nitrogen and oxygen atoms in total. The van der Waals surface area contributed by atoms with Crippen LogP contribution in [-0.2, 0) is 0 Å². The molecule has 0 fully saturated rings. The van der Waals surface area contributed by atoms with Crippen molar-refractivity contribution in [2.24, 2.45) is 5.92 Å². The van der Waals surface area contributed by atoms with Gasteiger partial charge in [0.25, 0.3) is 0 Å². The molecule has 12 heavy (non-hydrogen) atoms. The van der Waals surface area contributed by atoms with Gasteiger partial charge in [-0.15, -0.1) is 11.6 Å². The number of benzene rings is 1. The Labute approximate surface area is 79.6 Å². The molecule has 0 aliphatic heterocycles. The number of hydrogen-bond donors (Lipinski definition) is 0. The van der Waals surface area contributed by atoms with Crippen molar-refractivity contribution in [3.8, 4) is 0 Å². The van der Waals surface area contributed by atoms with Crippen molar-refractivity contribution in [2.45, 2.75) is 26.1 Å². The van der Waals surface area contributed by atoms with Gasteiger partial charge in [-0.1, -0.05) is 43.7 Å². The predicted molar refractivity (Wildman–Crippen MR) is 54.6 cm³/mol. The van der Waals surface area contributed by atoms with Crippen molar-refractivity contribution in [1.29, 1.82) is 0 Å². The quantitative estimate of drug-likeness (QED) is 0.608. The molecule has 1 rings (SSSR count). The highest BCUT2D eigenvalue weighted by molar-refractivity contribution is 6.20. The number of aryl methyl sites for hydroxylation is 1. The fourth-order valence-electron chi connectivity index (χ4n) is 1.14. The van der Waals surface area contributed by atoms with E-state index in [4.69, 9.17) is 11.6 Å². The van der Waals surface area contributed by atoms with Crippen LogP contribution < -0.4 is 0 Å².